The zero-order chi connectivity index (χ0) is 14.9. The molecule has 3 aliphatic carbocycles. The monoisotopic (exact) mass is 294 g/mol. The van der Waals surface area contributed by atoms with Crippen molar-refractivity contribution in [1.82, 2.24) is 10.6 Å². The SMILES string of the molecule is O=C(O)CC1(NC(=O)NCC2(C3CC3)CC2)CCCCC1. The highest BCUT2D eigenvalue weighted by atomic mass is 16.4. The van der Waals surface area contributed by atoms with Crippen molar-refractivity contribution < 1.29 is 14.7 Å². The van der Waals surface area contributed by atoms with Crippen molar-refractivity contribution in [2.24, 2.45) is 11.3 Å². The molecule has 0 unspecified atom stereocenters. The highest BCUT2D eigenvalue weighted by Crippen LogP contribution is 2.60. The first-order chi connectivity index (χ1) is 10.0. The first-order valence-corrected chi connectivity index (χ1v) is 8.32. The van der Waals surface area contributed by atoms with Crippen LogP contribution in [0.2, 0.25) is 0 Å². The molecule has 21 heavy (non-hydrogen) atoms. The van der Waals surface area contributed by atoms with E-state index in [1.165, 1.54) is 25.7 Å². The van der Waals surface area contributed by atoms with Gasteiger partial charge in [0.05, 0.1) is 12.0 Å². The Bertz CT molecular complexity index is 421. The summed E-state index contributed by atoms with van der Waals surface area (Å²) in [6, 6.07) is -0.176. The molecule has 3 aliphatic rings. The van der Waals surface area contributed by atoms with E-state index in [0.717, 1.165) is 44.6 Å². The Kier molecular flexibility index (Phi) is 3.84. The highest BCUT2D eigenvalue weighted by Gasteiger charge is 2.53. The van der Waals surface area contributed by atoms with Gasteiger partial charge in [-0.1, -0.05) is 19.3 Å². The molecule has 0 atom stereocenters. The number of urea groups is 1. The Hall–Kier alpha value is -1.26. The molecule has 0 bridgehead atoms. The zero-order valence-electron chi connectivity index (χ0n) is 12.6. The predicted molar refractivity (Wildman–Crippen MR) is 79.0 cm³/mol. The van der Waals surface area contributed by atoms with Crippen LogP contribution in [0.3, 0.4) is 0 Å². The lowest BCUT2D eigenvalue weighted by molar-refractivity contribution is -0.139. The molecule has 3 N–H and O–H groups in total. The first-order valence-electron chi connectivity index (χ1n) is 8.32. The van der Waals surface area contributed by atoms with Gasteiger partial charge >= 0.3 is 12.0 Å². The van der Waals surface area contributed by atoms with Crippen LogP contribution in [0.4, 0.5) is 4.79 Å². The summed E-state index contributed by atoms with van der Waals surface area (Å²) in [6.07, 6.45) is 9.82. The van der Waals surface area contributed by atoms with Gasteiger partial charge < -0.3 is 15.7 Å². The van der Waals surface area contributed by atoms with Crippen LogP contribution in [-0.4, -0.2) is 29.2 Å². The summed E-state index contributed by atoms with van der Waals surface area (Å²) in [5.74, 6) is -0.00527. The van der Waals surface area contributed by atoms with Gasteiger partial charge in [-0.3, -0.25) is 4.79 Å². The van der Waals surface area contributed by atoms with Crippen molar-refractivity contribution in [3.8, 4) is 0 Å². The third-order valence-electron chi connectivity index (χ3n) is 5.62. The Morgan fingerprint density at radius 1 is 1.05 bits per heavy atom. The Morgan fingerprint density at radius 2 is 1.71 bits per heavy atom. The third kappa shape index (κ3) is 3.50. The molecule has 0 aromatic heterocycles. The van der Waals surface area contributed by atoms with Gasteiger partial charge in [-0.15, -0.1) is 0 Å². The maximum atomic E-state index is 12.2. The van der Waals surface area contributed by atoms with E-state index in [-0.39, 0.29) is 12.5 Å². The van der Waals surface area contributed by atoms with Gasteiger partial charge in [0.25, 0.3) is 0 Å². The molecule has 0 radical (unpaired) electrons. The van der Waals surface area contributed by atoms with Gasteiger partial charge in [-0.05, 0) is 49.9 Å². The maximum absolute atomic E-state index is 12.2. The van der Waals surface area contributed by atoms with Crippen molar-refractivity contribution in [1.29, 1.82) is 0 Å². The molecule has 0 saturated heterocycles. The quantitative estimate of drug-likeness (QED) is 0.704. The summed E-state index contributed by atoms with van der Waals surface area (Å²) in [6.45, 7) is 0.757. The zero-order valence-corrected chi connectivity index (χ0v) is 12.6. The molecular formula is C16H26N2O3. The third-order valence-corrected chi connectivity index (χ3v) is 5.62. The molecular weight excluding hydrogens is 268 g/mol. The minimum absolute atomic E-state index is 0.0359. The van der Waals surface area contributed by atoms with E-state index >= 15 is 0 Å². The smallest absolute Gasteiger partial charge is 0.315 e. The summed E-state index contributed by atoms with van der Waals surface area (Å²) in [4.78, 5) is 23.3. The van der Waals surface area contributed by atoms with Crippen LogP contribution >= 0.6 is 0 Å². The molecule has 0 spiro atoms. The fourth-order valence-electron chi connectivity index (χ4n) is 3.99. The van der Waals surface area contributed by atoms with E-state index in [0.29, 0.717) is 5.41 Å². The summed E-state index contributed by atoms with van der Waals surface area (Å²) in [7, 11) is 0. The largest absolute Gasteiger partial charge is 0.481 e. The Balaban J connectivity index is 1.52. The highest BCUT2D eigenvalue weighted by molar-refractivity contribution is 5.77. The second-order valence-corrected chi connectivity index (χ2v) is 7.36. The van der Waals surface area contributed by atoms with E-state index in [1.54, 1.807) is 0 Å². The fraction of sp³-hybridized carbons (Fsp3) is 0.875. The van der Waals surface area contributed by atoms with Crippen molar-refractivity contribution in [3.63, 3.8) is 0 Å². The number of carbonyl (C=O) groups excluding carboxylic acids is 1. The van der Waals surface area contributed by atoms with Crippen LogP contribution in [0, 0.1) is 11.3 Å². The number of hydrogen-bond donors (Lipinski definition) is 3. The predicted octanol–water partition coefficient (Wildman–Crippen LogP) is 2.65. The lowest BCUT2D eigenvalue weighted by Crippen LogP contribution is -2.54. The standard InChI is InChI=1S/C16H26N2O3/c19-13(20)10-16(6-2-1-3-7-16)18-14(21)17-11-15(8-9-15)12-4-5-12/h12H,1-11H2,(H,19,20)(H2,17,18,21). The van der Waals surface area contributed by atoms with E-state index in [1.807, 2.05) is 0 Å². The van der Waals surface area contributed by atoms with Crippen LogP contribution in [0.5, 0.6) is 0 Å². The molecule has 5 nitrogen and oxygen atoms in total. The Morgan fingerprint density at radius 3 is 2.24 bits per heavy atom. The summed E-state index contributed by atoms with van der Waals surface area (Å²) >= 11 is 0. The number of carboxylic acid groups (broad SMARTS) is 1. The van der Waals surface area contributed by atoms with Gasteiger partial charge in [-0.25, -0.2) is 4.79 Å². The fourth-order valence-corrected chi connectivity index (χ4v) is 3.99. The summed E-state index contributed by atoms with van der Waals surface area (Å²) in [5.41, 5.74) is -0.158. The van der Waals surface area contributed by atoms with Gasteiger partial charge in [0.2, 0.25) is 0 Å². The molecule has 0 heterocycles. The molecule has 0 aliphatic heterocycles. The second-order valence-electron chi connectivity index (χ2n) is 7.36. The molecule has 0 aromatic rings. The summed E-state index contributed by atoms with van der Waals surface area (Å²) in [5, 5.41) is 15.1. The number of nitrogens with one attached hydrogen (secondary N) is 2. The van der Waals surface area contributed by atoms with Crippen LogP contribution < -0.4 is 10.6 Å². The van der Waals surface area contributed by atoms with Gasteiger partial charge in [-0.2, -0.15) is 0 Å². The van der Waals surface area contributed by atoms with Crippen LogP contribution in [0.1, 0.15) is 64.2 Å². The Labute approximate surface area is 125 Å². The first kappa shape index (κ1) is 14.7. The van der Waals surface area contributed by atoms with E-state index in [2.05, 4.69) is 10.6 Å². The second kappa shape index (κ2) is 5.50. The number of aliphatic carboxylic acids is 1. The number of amides is 2. The van der Waals surface area contributed by atoms with Crippen molar-refractivity contribution >= 4 is 12.0 Å². The number of carbonyl (C=O) groups is 2. The minimum Gasteiger partial charge on any atom is -0.481 e. The van der Waals surface area contributed by atoms with E-state index in [4.69, 9.17) is 5.11 Å². The van der Waals surface area contributed by atoms with Crippen molar-refractivity contribution in [3.05, 3.63) is 0 Å². The van der Waals surface area contributed by atoms with Crippen molar-refractivity contribution in [2.45, 2.75) is 69.7 Å². The van der Waals surface area contributed by atoms with Gasteiger partial charge in [0.15, 0.2) is 0 Å². The summed E-state index contributed by atoms with van der Waals surface area (Å²) < 4.78 is 0. The molecule has 118 valence electrons. The van der Waals surface area contributed by atoms with E-state index < -0.39 is 11.5 Å². The topological polar surface area (TPSA) is 78.4 Å². The van der Waals surface area contributed by atoms with Crippen LogP contribution in [0.25, 0.3) is 0 Å². The molecule has 0 aromatic carbocycles. The van der Waals surface area contributed by atoms with Crippen molar-refractivity contribution in [2.75, 3.05) is 6.54 Å². The normalized spacial score (nSPS) is 25.9. The molecule has 2 amide bonds. The number of rotatable bonds is 6. The molecule has 5 heteroatoms. The van der Waals surface area contributed by atoms with Crippen LogP contribution in [-0.2, 0) is 4.79 Å². The van der Waals surface area contributed by atoms with Crippen LogP contribution in [0.15, 0.2) is 0 Å². The minimum atomic E-state index is -0.825. The molecule has 3 saturated carbocycles. The average Bonchev–Trinajstić information content (AvgIpc) is 3.28. The number of hydrogen-bond acceptors (Lipinski definition) is 2. The molecule has 3 rings (SSSR count). The van der Waals surface area contributed by atoms with Gasteiger partial charge in [0.1, 0.15) is 0 Å². The van der Waals surface area contributed by atoms with Gasteiger partial charge in [0, 0.05) is 6.54 Å². The lowest BCUT2D eigenvalue weighted by Gasteiger charge is -2.37. The maximum Gasteiger partial charge on any atom is 0.315 e. The lowest BCUT2D eigenvalue weighted by atomic mass is 9.79. The number of carboxylic acids is 1. The average molecular weight is 294 g/mol. The van der Waals surface area contributed by atoms with E-state index in [9.17, 15) is 9.59 Å². The molecule has 3 fully saturated rings.